The van der Waals surface area contributed by atoms with Gasteiger partial charge in [0.05, 0.1) is 10.5 Å². The van der Waals surface area contributed by atoms with E-state index in [-0.39, 0.29) is 23.5 Å². The maximum Gasteiger partial charge on any atom is 0.416 e. The molecule has 0 atom stereocenters. The van der Waals surface area contributed by atoms with Crippen LogP contribution in [0.2, 0.25) is 0 Å². The van der Waals surface area contributed by atoms with Crippen LogP contribution in [0, 0.1) is 29.1 Å². The zero-order valence-electron chi connectivity index (χ0n) is 19.1. The van der Waals surface area contributed by atoms with Crippen molar-refractivity contribution in [2.75, 3.05) is 11.9 Å². The molecule has 7 nitrogen and oxygen atoms in total. The Labute approximate surface area is 214 Å². The van der Waals surface area contributed by atoms with Gasteiger partial charge < -0.3 is 10.6 Å². The van der Waals surface area contributed by atoms with Crippen molar-refractivity contribution >= 4 is 27.6 Å². The molecule has 3 aromatic carbocycles. The molecule has 3 rings (SSSR count). The summed E-state index contributed by atoms with van der Waals surface area (Å²) in [4.78, 5) is 23.6. The van der Waals surface area contributed by atoms with Crippen molar-refractivity contribution in [3.63, 3.8) is 0 Å². The summed E-state index contributed by atoms with van der Waals surface area (Å²) in [6.07, 6.45) is -4.65. The van der Waals surface area contributed by atoms with Crippen LogP contribution in [0.5, 0.6) is 0 Å². The highest BCUT2D eigenvalue weighted by molar-refractivity contribution is 7.90. The number of carbonyl (C=O) groups excluding carboxylic acids is 2. The Hall–Kier alpha value is -4.21. The first-order chi connectivity index (χ1) is 18.1. The number of urea groups is 1. The normalized spacial score (nSPS) is 11.7. The molecular formula is C23H15F8N3O4S. The van der Waals surface area contributed by atoms with Crippen LogP contribution in [-0.4, -0.2) is 26.9 Å². The van der Waals surface area contributed by atoms with Crippen LogP contribution < -0.4 is 15.4 Å². The van der Waals surface area contributed by atoms with Gasteiger partial charge in [0.2, 0.25) is 5.82 Å². The minimum absolute atomic E-state index is 0.0523. The van der Waals surface area contributed by atoms with E-state index in [1.165, 1.54) is 12.1 Å². The van der Waals surface area contributed by atoms with Crippen LogP contribution in [0.15, 0.2) is 53.4 Å². The van der Waals surface area contributed by atoms with Gasteiger partial charge >= 0.3 is 12.2 Å². The molecule has 0 aliphatic heterocycles. The molecule has 0 unspecified atom stereocenters. The Morgan fingerprint density at radius 1 is 0.744 bits per heavy atom. The number of anilines is 1. The standard InChI is InChI=1S/C23H15F8N3O4S/c24-16-15(17(25)19(27)20(28)18(16)26)21(35)32-10-9-11-1-7-14(8-2-11)39(37,38)34-22(36)33-13-5-3-12(4-6-13)23(29,30)31/h1-8H,9-10H2,(H,32,35)(H2,33,34,36). The summed E-state index contributed by atoms with van der Waals surface area (Å²) in [6, 6.07) is 6.62. The van der Waals surface area contributed by atoms with Gasteiger partial charge in [0.25, 0.3) is 15.9 Å². The summed E-state index contributed by atoms with van der Waals surface area (Å²) in [7, 11) is -4.42. The monoisotopic (exact) mass is 581 g/mol. The first kappa shape index (κ1) is 29.3. The summed E-state index contributed by atoms with van der Waals surface area (Å²) in [5.41, 5.74) is -2.37. The highest BCUT2D eigenvalue weighted by Gasteiger charge is 2.31. The smallest absolute Gasteiger partial charge is 0.352 e. The zero-order chi connectivity index (χ0) is 29.1. The lowest BCUT2D eigenvalue weighted by molar-refractivity contribution is -0.137. The second-order valence-corrected chi connectivity index (χ2v) is 9.41. The summed E-state index contributed by atoms with van der Waals surface area (Å²) in [5.74, 6) is -13.1. The van der Waals surface area contributed by atoms with Gasteiger partial charge in [-0.1, -0.05) is 12.1 Å². The van der Waals surface area contributed by atoms with Crippen LogP contribution in [-0.2, 0) is 22.6 Å². The number of hydrogen-bond donors (Lipinski definition) is 3. The van der Waals surface area contributed by atoms with Crippen molar-refractivity contribution in [2.45, 2.75) is 17.5 Å². The van der Waals surface area contributed by atoms with Crippen LogP contribution in [0.1, 0.15) is 21.5 Å². The Kier molecular flexibility index (Phi) is 8.48. The topological polar surface area (TPSA) is 104 Å². The number of amides is 3. The predicted octanol–water partition coefficient (Wildman–Crippen LogP) is 4.88. The molecule has 3 aromatic rings. The van der Waals surface area contributed by atoms with Crippen molar-refractivity contribution in [2.24, 2.45) is 0 Å². The van der Waals surface area contributed by atoms with Crippen molar-refractivity contribution < 1.29 is 53.1 Å². The fraction of sp³-hybridized carbons (Fsp3) is 0.130. The molecule has 0 saturated heterocycles. The minimum Gasteiger partial charge on any atom is -0.352 e. The van der Waals surface area contributed by atoms with Gasteiger partial charge in [0.15, 0.2) is 23.3 Å². The van der Waals surface area contributed by atoms with Gasteiger partial charge in [-0.3, -0.25) is 4.79 Å². The molecule has 0 saturated carbocycles. The molecule has 0 radical (unpaired) electrons. The third kappa shape index (κ3) is 6.81. The summed E-state index contributed by atoms with van der Waals surface area (Å²) in [6.45, 7) is -0.335. The number of nitrogens with one attached hydrogen (secondary N) is 3. The van der Waals surface area contributed by atoms with Gasteiger partial charge in [-0.25, -0.2) is 39.9 Å². The maximum atomic E-state index is 13.7. The fourth-order valence-electron chi connectivity index (χ4n) is 3.13. The lowest BCUT2D eigenvalue weighted by Crippen LogP contribution is -2.34. The van der Waals surface area contributed by atoms with Gasteiger partial charge in [0.1, 0.15) is 5.56 Å². The minimum atomic E-state index is -4.60. The number of carbonyl (C=O) groups is 2. The highest BCUT2D eigenvalue weighted by atomic mass is 32.2. The van der Waals surface area contributed by atoms with Crippen molar-refractivity contribution in [1.82, 2.24) is 10.0 Å². The summed E-state index contributed by atoms with van der Waals surface area (Å²) < 4.78 is 131. The SMILES string of the molecule is O=C(Nc1ccc(C(F)(F)F)cc1)NS(=O)(=O)c1ccc(CCNC(=O)c2c(F)c(F)c(F)c(F)c2F)cc1. The highest BCUT2D eigenvalue weighted by Crippen LogP contribution is 2.30. The fourth-order valence-corrected chi connectivity index (χ4v) is 4.04. The van der Waals surface area contributed by atoms with Gasteiger partial charge in [-0.05, 0) is 48.4 Å². The Morgan fingerprint density at radius 2 is 1.26 bits per heavy atom. The van der Waals surface area contributed by atoms with E-state index in [4.69, 9.17) is 0 Å². The molecular weight excluding hydrogens is 566 g/mol. The first-order valence-corrected chi connectivity index (χ1v) is 12.0. The third-order valence-corrected chi connectivity index (χ3v) is 6.41. The lowest BCUT2D eigenvalue weighted by atomic mass is 10.1. The molecule has 3 N–H and O–H groups in total. The summed E-state index contributed by atoms with van der Waals surface area (Å²) in [5, 5.41) is 4.06. The van der Waals surface area contributed by atoms with E-state index >= 15 is 0 Å². The molecule has 0 aromatic heterocycles. The number of hydrogen-bond acceptors (Lipinski definition) is 4. The largest absolute Gasteiger partial charge is 0.416 e. The lowest BCUT2D eigenvalue weighted by Gasteiger charge is -2.11. The Balaban J connectivity index is 1.58. The average molecular weight is 581 g/mol. The molecule has 39 heavy (non-hydrogen) atoms. The second kappa shape index (κ2) is 11.3. The molecule has 0 aliphatic carbocycles. The number of sulfonamides is 1. The van der Waals surface area contributed by atoms with E-state index in [0.29, 0.717) is 17.7 Å². The molecule has 0 aliphatic rings. The quantitative estimate of drug-likeness (QED) is 0.210. The van der Waals surface area contributed by atoms with Crippen LogP contribution in [0.4, 0.5) is 45.6 Å². The molecule has 3 amide bonds. The van der Waals surface area contributed by atoms with E-state index in [2.05, 4.69) is 5.32 Å². The predicted molar refractivity (Wildman–Crippen MR) is 119 cm³/mol. The van der Waals surface area contributed by atoms with Crippen LogP contribution in [0.25, 0.3) is 0 Å². The van der Waals surface area contributed by atoms with Crippen molar-refractivity contribution in [3.8, 4) is 0 Å². The van der Waals surface area contributed by atoms with E-state index in [9.17, 15) is 53.1 Å². The van der Waals surface area contributed by atoms with Crippen LogP contribution in [0.3, 0.4) is 0 Å². The van der Waals surface area contributed by atoms with Gasteiger partial charge in [0, 0.05) is 12.2 Å². The van der Waals surface area contributed by atoms with Gasteiger partial charge in [-0.2, -0.15) is 13.2 Å². The zero-order valence-corrected chi connectivity index (χ0v) is 19.9. The summed E-state index contributed by atoms with van der Waals surface area (Å²) >= 11 is 0. The second-order valence-electron chi connectivity index (χ2n) is 7.73. The van der Waals surface area contributed by atoms with E-state index in [0.717, 1.165) is 24.3 Å². The molecule has 208 valence electrons. The van der Waals surface area contributed by atoms with Crippen LogP contribution >= 0.6 is 0 Å². The first-order valence-electron chi connectivity index (χ1n) is 10.5. The number of rotatable bonds is 7. The maximum absolute atomic E-state index is 13.7. The third-order valence-electron chi connectivity index (χ3n) is 5.07. The van der Waals surface area contributed by atoms with E-state index in [1.807, 2.05) is 5.32 Å². The van der Waals surface area contributed by atoms with E-state index in [1.54, 1.807) is 4.72 Å². The molecule has 0 spiro atoms. The Bertz CT molecular complexity index is 1480. The molecule has 16 heteroatoms. The van der Waals surface area contributed by atoms with Crippen molar-refractivity contribution in [1.29, 1.82) is 0 Å². The molecule has 0 bridgehead atoms. The number of benzene rings is 3. The Morgan fingerprint density at radius 3 is 1.77 bits per heavy atom. The average Bonchev–Trinajstić information content (AvgIpc) is 2.86. The van der Waals surface area contributed by atoms with Crippen molar-refractivity contribution in [3.05, 3.63) is 94.3 Å². The number of alkyl halides is 3. The number of halogens is 8. The molecule has 0 heterocycles. The van der Waals surface area contributed by atoms with Gasteiger partial charge in [-0.15, -0.1) is 0 Å². The van der Waals surface area contributed by atoms with E-state index < -0.39 is 68.4 Å². The molecule has 0 fully saturated rings.